The average molecular weight is 311 g/mol. The molecule has 22 heavy (non-hydrogen) atoms. The van der Waals surface area contributed by atoms with E-state index in [9.17, 15) is 0 Å². The summed E-state index contributed by atoms with van der Waals surface area (Å²) in [5.41, 5.74) is 6.75. The number of aryl methyl sites for hydroxylation is 2. The zero-order valence-corrected chi connectivity index (χ0v) is 14.0. The van der Waals surface area contributed by atoms with E-state index in [2.05, 4.69) is 54.8 Å². The van der Waals surface area contributed by atoms with E-state index < -0.39 is 0 Å². The lowest BCUT2D eigenvalue weighted by molar-refractivity contribution is 0.687. The summed E-state index contributed by atoms with van der Waals surface area (Å²) in [5, 5.41) is 1.37. The van der Waals surface area contributed by atoms with Crippen molar-refractivity contribution in [1.29, 1.82) is 0 Å². The summed E-state index contributed by atoms with van der Waals surface area (Å²) in [6.07, 6.45) is 1.98. The third kappa shape index (κ3) is 2.91. The van der Waals surface area contributed by atoms with Gasteiger partial charge in [0.05, 0.1) is 0 Å². The molecule has 0 atom stereocenters. The number of nitrogens with zero attached hydrogens (tertiary/aromatic N) is 1. The van der Waals surface area contributed by atoms with Gasteiger partial charge in [0.1, 0.15) is 0 Å². The Hall–Kier alpha value is -1.73. The summed E-state index contributed by atoms with van der Waals surface area (Å²) in [5.74, 6) is 0.710. The van der Waals surface area contributed by atoms with Crippen molar-refractivity contribution in [2.24, 2.45) is 0 Å². The molecule has 2 aromatic carbocycles. The van der Waals surface area contributed by atoms with Crippen LogP contribution in [-0.2, 0) is 13.0 Å². The normalized spacial score (nSPS) is 11.2. The van der Waals surface area contributed by atoms with Crippen LogP contribution in [0.25, 0.3) is 10.9 Å². The quantitative estimate of drug-likeness (QED) is 0.565. The van der Waals surface area contributed by atoms with Crippen LogP contribution in [0.4, 0.5) is 0 Å². The maximum Gasteiger partial charge on any atom is 0.0485 e. The Balaban J connectivity index is 1.98. The van der Waals surface area contributed by atoms with Crippen molar-refractivity contribution in [3.63, 3.8) is 0 Å². The maximum absolute atomic E-state index is 5.86. The van der Waals surface area contributed by atoms with E-state index in [0.29, 0.717) is 5.88 Å². The molecular formula is C20H21ClN. The Morgan fingerprint density at radius 1 is 1.05 bits per heavy atom. The second kappa shape index (κ2) is 6.58. The first kappa shape index (κ1) is 15.2. The number of aromatic nitrogens is 1. The fourth-order valence-corrected chi connectivity index (χ4v) is 3.21. The van der Waals surface area contributed by atoms with E-state index in [-0.39, 0.29) is 0 Å². The highest BCUT2D eigenvalue weighted by atomic mass is 35.5. The Labute approximate surface area is 137 Å². The molecule has 3 rings (SSSR count). The molecule has 0 N–H and O–H groups in total. The summed E-state index contributed by atoms with van der Waals surface area (Å²) in [6.45, 7) is 5.42. The van der Waals surface area contributed by atoms with Crippen molar-refractivity contribution >= 4 is 22.5 Å². The van der Waals surface area contributed by atoms with Crippen molar-refractivity contribution in [2.45, 2.75) is 33.2 Å². The van der Waals surface area contributed by atoms with Gasteiger partial charge in [0.25, 0.3) is 0 Å². The van der Waals surface area contributed by atoms with Crippen LogP contribution in [-0.4, -0.2) is 10.4 Å². The minimum Gasteiger partial charge on any atom is -0.345 e. The first-order valence-corrected chi connectivity index (χ1v) is 8.33. The van der Waals surface area contributed by atoms with E-state index in [4.69, 9.17) is 11.6 Å². The van der Waals surface area contributed by atoms with Crippen LogP contribution in [0.5, 0.6) is 0 Å². The number of fused-ring (bicyclic) bond motifs is 1. The summed E-state index contributed by atoms with van der Waals surface area (Å²) in [4.78, 5) is 0. The molecule has 0 spiro atoms. The number of benzene rings is 2. The summed E-state index contributed by atoms with van der Waals surface area (Å²) in [7, 11) is 0. The number of rotatable bonds is 5. The molecule has 113 valence electrons. The van der Waals surface area contributed by atoms with Crippen LogP contribution >= 0.6 is 11.6 Å². The van der Waals surface area contributed by atoms with Gasteiger partial charge >= 0.3 is 0 Å². The van der Waals surface area contributed by atoms with Crippen LogP contribution in [0.2, 0.25) is 0 Å². The van der Waals surface area contributed by atoms with Gasteiger partial charge in [0, 0.05) is 29.0 Å². The minimum absolute atomic E-state index is 0.710. The maximum atomic E-state index is 5.86. The molecule has 0 saturated heterocycles. The second-order valence-electron chi connectivity index (χ2n) is 5.84. The highest BCUT2D eigenvalue weighted by Crippen LogP contribution is 2.27. The summed E-state index contributed by atoms with van der Waals surface area (Å²) >= 11 is 5.86. The smallest absolute Gasteiger partial charge is 0.0485 e. The SMILES string of the molecule is Cc1c(C)n(CCCCl)c2ccc(Cc3cc[c]cc3)cc12. The van der Waals surface area contributed by atoms with Gasteiger partial charge in [-0.3, -0.25) is 0 Å². The van der Waals surface area contributed by atoms with E-state index >= 15 is 0 Å². The predicted molar refractivity (Wildman–Crippen MR) is 94.8 cm³/mol. The molecular weight excluding hydrogens is 290 g/mol. The Morgan fingerprint density at radius 3 is 2.55 bits per heavy atom. The molecule has 0 aliphatic carbocycles. The third-order valence-electron chi connectivity index (χ3n) is 4.41. The summed E-state index contributed by atoms with van der Waals surface area (Å²) < 4.78 is 2.40. The fourth-order valence-electron chi connectivity index (χ4n) is 3.09. The highest BCUT2D eigenvalue weighted by Gasteiger charge is 2.11. The van der Waals surface area contributed by atoms with E-state index in [1.807, 2.05) is 12.1 Å². The van der Waals surface area contributed by atoms with Gasteiger partial charge in [0.15, 0.2) is 0 Å². The molecule has 0 bridgehead atoms. The fraction of sp³-hybridized carbons (Fsp3) is 0.300. The third-order valence-corrected chi connectivity index (χ3v) is 4.68. The van der Waals surface area contributed by atoms with Crippen LogP contribution in [0.1, 0.15) is 28.8 Å². The molecule has 1 radical (unpaired) electrons. The van der Waals surface area contributed by atoms with E-state index in [0.717, 1.165) is 19.4 Å². The van der Waals surface area contributed by atoms with E-state index in [1.165, 1.54) is 33.3 Å². The lowest BCUT2D eigenvalue weighted by Gasteiger charge is -2.07. The van der Waals surface area contributed by atoms with Gasteiger partial charge in [-0.2, -0.15) is 0 Å². The molecule has 2 heteroatoms. The number of alkyl halides is 1. The zero-order chi connectivity index (χ0) is 15.5. The van der Waals surface area contributed by atoms with Crippen LogP contribution < -0.4 is 0 Å². The Bertz CT molecular complexity index is 771. The molecule has 1 heterocycles. The van der Waals surface area contributed by atoms with Crippen LogP contribution in [0.3, 0.4) is 0 Å². The second-order valence-corrected chi connectivity index (χ2v) is 6.22. The van der Waals surface area contributed by atoms with Crippen molar-refractivity contribution in [3.8, 4) is 0 Å². The van der Waals surface area contributed by atoms with Gasteiger partial charge in [-0.05, 0) is 61.6 Å². The molecule has 3 aromatic rings. The molecule has 0 saturated carbocycles. The standard InChI is InChI=1S/C20H21ClN/c1-15-16(2)22(12-6-11-21)20-10-9-18(14-19(15)20)13-17-7-4-3-5-8-17/h4-5,7-10,14H,6,11-13H2,1-2H3. The van der Waals surface area contributed by atoms with Crippen LogP contribution in [0.15, 0.2) is 42.5 Å². The van der Waals surface area contributed by atoms with Gasteiger partial charge < -0.3 is 4.57 Å². The van der Waals surface area contributed by atoms with Gasteiger partial charge in [0.2, 0.25) is 0 Å². The average Bonchev–Trinajstić information content (AvgIpc) is 2.78. The Kier molecular flexibility index (Phi) is 4.54. The van der Waals surface area contributed by atoms with Crippen molar-refractivity contribution < 1.29 is 0 Å². The lowest BCUT2D eigenvalue weighted by Crippen LogP contribution is -2.00. The molecule has 0 fully saturated rings. The van der Waals surface area contributed by atoms with Crippen LogP contribution in [0, 0.1) is 19.9 Å². The Morgan fingerprint density at radius 2 is 1.82 bits per heavy atom. The zero-order valence-electron chi connectivity index (χ0n) is 13.2. The topological polar surface area (TPSA) is 4.93 Å². The first-order valence-electron chi connectivity index (χ1n) is 7.80. The van der Waals surface area contributed by atoms with Gasteiger partial charge in [-0.15, -0.1) is 11.6 Å². The number of hydrogen-bond donors (Lipinski definition) is 0. The largest absolute Gasteiger partial charge is 0.345 e. The van der Waals surface area contributed by atoms with Crippen molar-refractivity contribution in [1.82, 2.24) is 4.57 Å². The first-order chi connectivity index (χ1) is 10.7. The highest BCUT2D eigenvalue weighted by molar-refractivity contribution is 6.17. The molecule has 0 unspecified atom stereocenters. The van der Waals surface area contributed by atoms with Gasteiger partial charge in [-0.25, -0.2) is 0 Å². The monoisotopic (exact) mass is 310 g/mol. The van der Waals surface area contributed by atoms with E-state index in [1.54, 1.807) is 0 Å². The molecule has 1 aromatic heterocycles. The van der Waals surface area contributed by atoms with Crippen molar-refractivity contribution in [3.05, 3.63) is 70.9 Å². The minimum atomic E-state index is 0.710. The lowest BCUT2D eigenvalue weighted by atomic mass is 10.0. The number of halogens is 1. The summed E-state index contributed by atoms with van der Waals surface area (Å²) in [6, 6.07) is 18.1. The molecule has 1 nitrogen and oxygen atoms in total. The molecule has 0 aliphatic rings. The molecule has 0 aliphatic heterocycles. The predicted octanol–water partition coefficient (Wildman–Crippen LogP) is 5.28. The molecule has 0 amide bonds. The van der Waals surface area contributed by atoms with Gasteiger partial charge in [-0.1, -0.05) is 30.3 Å². The number of hydrogen-bond acceptors (Lipinski definition) is 0. The van der Waals surface area contributed by atoms with Crippen molar-refractivity contribution in [2.75, 3.05) is 5.88 Å².